The quantitative estimate of drug-likeness (QED) is 0.732. The van der Waals surface area contributed by atoms with Crippen LogP contribution in [-0.2, 0) is 16.1 Å². The highest BCUT2D eigenvalue weighted by atomic mass is 16.5. The monoisotopic (exact) mass is 366 g/mol. The van der Waals surface area contributed by atoms with E-state index in [0.29, 0.717) is 25.1 Å². The highest BCUT2D eigenvalue weighted by Gasteiger charge is 2.56. The van der Waals surface area contributed by atoms with Crippen molar-refractivity contribution < 1.29 is 14.3 Å². The van der Waals surface area contributed by atoms with Gasteiger partial charge in [0.15, 0.2) is 0 Å². The summed E-state index contributed by atoms with van der Waals surface area (Å²) < 4.78 is 5.60. The van der Waals surface area contributed by atoms with Crippen LogP contribution < -0.4 is 15.4 Å². The molecule has 1 aliphatic carbocycles. The second-order valence-corrected chi connectivity index (χ2v) is 7.40. The summed E-state index contributed by atoms with van der Waals surface area (Å²) in [5.41, 5.74) is 1.91. The van der Waals surface area contributed by atoms with Gasteiger partial charge >= 0.3 is 0 Å². The number of nitrogens with one attached hydrogen (secondary N) is 2. The molecule has 1 aliphatic rings. The third kappa shape index (κ3) is 4.67. The molecule has 27 heavy (non-hydrogen) atoms. The average molecular weight is 366 g/mol. The second-order valence-electron chi connectivity index (χ2n) is 7.40. The molecular formula is C22H26N2O3. The molecule has 0 aromatic heterocycles. The molecule has 2 aromatic rings. The Morgan fingerprint density at radius 3 is 2.19 bits per heavy atom. The van der Waals surface area contributed by atoms with E-state index in [9.17, 15) is 9.59 Å². The molecule has 0 bridgehead atoms. The fraction of sp³-hybridized carbons (Fsp3) is 0.364. The predicted octanol–water partition coefficient (Wildman–Crippen LogP) is 3.82. The summed E-state index contributed by atoms with van der Waals surface area (Å²) in [7, 11) is 0. The largest absolute Gasteiger partial charge is 0.491 e. The zero-order valence-corrected chi connectivity index (χ0v) is 16.0. The summed E-state index contributed by atoms with van der Waals surface area (Å²) in [4.78, 5) is 25.2. The number of anilines is 1. The molecule has 0 aliphatic heterocycles. The first kappa shape index (κ1) is 19.0. The van der Waals surface area contributed by atoms with Crippen molar-refractivity contribution in [3.05, 3.63) is 59.7 Å². The van der Waals surface area contributed by atoms with E-state index in [1.165, 1.54) is 5.56 Å². The molecular weight excluding hydrogens is 340 g/mol. The van der Waals surface area contributed by atoms with Crippen LogP contribution in [0.2, 0.25) is 0 Å². The van der Waals surface area contributed by atoms with E-state index in [4.69, 9.17) is 4.74 Å². The molecule has 2 amide bonds. The number of benzene rings is 2. The van der Waals surface area contributed by atoms with Gasteiger partial charge in [-0.3, -0.25) is 9.59 Å². The van der Waals surface area contributed by atoms with E-state index in [2.05, 4.69) is 10.6 Å². The van der Waals surface area contributed by atoms with Crippen LogP contribution in [0.25, 0.3) is 0 Å². The third-order valence-corrected chi connectivity index (χ3v) is 4.68. The number of hydrogen-bond acceptors (Lipinski definition) is 3. The molecule has 0 heterocycles. The van der Waals surface area contributed by atoms with Gasteiger partial charge in [-0.2, -0.15) is 0 Å². The summed E-state index contributed by atoms with van der Waals surface area (Å²) >= 11 is 0. The fourth-order valence-electron chi connectivity index (χ4n) is 2.88. The van der Waals surface area contributed by atoms with E-state index in [1.54, 1.807) is 12.1 Å². The molecule has 0 atom stereocenters. The van der Waals surface area contributed by atoms with Gasteiger partial charge in [0, 0.05) is 12.2 Å². The molecule has 3 rings (SSSR count). The van der Waals surface area contributed by atoms with Gasteiger partial charge in [-0.05, 0) is 63.4 Å². The average Bonchev–Trinajstić information content (AvgIpc) is 3.44. The number of carbonyl (C=O) groups excluding carboxylic acids is 2. The Bertz CT molecular complexity index is 806. The smallest absolute Gasteiger partial charge is 0.240 e. The van der Waals surface area contributed by atoms with Crippen LogP contribution in [0.1, 0.15) is 37.8 Å². The fourth-order valence-corrected chi connectivity index (χ4v) is 2.88. The topological polar surface area (TPSA) is 67.4 Å². The lowest BCUT2D eigenvalue weighted by Crippen LogP contribution is -2.39. The van der Waals surface area contributed by atoms with Gasteiger partial charge in [0.1, 0.15) is 11.2 Å². The zero-order chi connectivity index (χ0) is 19.4. The third-order valence-electron chi connectivity index (χ3n) is 4.68. The Morgan fingerprint density at radius 2 is 1.63 bits per heavy atom. The molecule has 1 fully saturated rings. The van der Waals surface area contributed by atoms with Crippen LogP contribution in [0, 0.1) is 12.3 Å². The van der Waals surface area contributed by atoms with Crippen molar-refractivity contribution in [2.75, 3.05) is 5.32 Å². The Hall–Kier alpha value is -2.82. The minimum absolute atomic E-state index is 0.0948. The maximum atomic E-state index is 12.7. The van der Waals surface area contributed by atoms with Crippen LogP contribution in [0.4, 0.5) is 5.69 Å². The van der Waals surface area contributed by atoms with Crippen molar-refractivity contribution in [2.24, 2.45) is 5.41 Å². The molecule has 0 saturated heterocycles. The zero-order valence-electron chi connectivity index (χ0n) is 16.0. The summed E-state index contributed by atoms with van der Waals surface area (Å²) in [6.45, 7) is 6.37. The lowest BCUT2D eigenvalue weighted by molar-refractivity contribution is -0.134. The Balaban J connectivity index is 1.56. The van der Waals surface area contributed by atoms with Crippen LogP contribution in [0.5, 0.6) is 5.75 Å². The van der Waals surface area contributed by atoms with Gasteiger partial charge in [0.05, 0.1) is 6.10 Å². The molecule has 5 nitrogen and oxygen atoms in total. The number of ether oxygens (including phenoxy) is 1. The molecule has 5 heteroatoms. The summed E-state index contributed by atoms with van der Waals surface area (Å²) in [5.74, 6) is 0.293. The summed E-state index contributed by atoms with van der Waals surface area (Å²) in [6.07, 6.45) is 1.25. The first-order valence-electron chi connectivity index (χ1n) is 9.31. The van der Waals surface area contributed by atoms with Crippen molar-refractivity contribution in [2.45, 2.75) is 46.3 Å². The van der Waals surface area contributed by atoms with Gasteiger partial charge in [-0.15, -0.1) is 0 Å². The molecule has 2 N–H and O–H groups in total. The van der Waals surface area contributed by atoms with Crippen molar-refractivity contribution in [3.63, 3.8) is 0 Å². The SMILES string of the molecule is Cc1ccc(CNC(=O)C2(C(=O)Nc3ccc(OC(C)C)cc3)CC2)cc1. The second kappa shape index (κ2) is 7.82. The van der Waals surface area contributed by atoms with Gasteiger partial charge in [-0.25, -0.2) is 0 Å². The Kier molecular flexibility index (Phi) is 5.49. The van der Waals surface area contributed by atoms with Crippen molar-refractivity contribution in [3.8, 4) is 5.75 Å². The number of rotatable bonds is 7. The molecule has 142 valence electrons. The van der Waals surface area contributed by atoms with Gasteiger partial charge < -0.3 is 15.4 Å². The highest BCUT2D eigenvalue weighted by molar-refractivity contribution is 6.13. The van der Waals surface area contributed by atoms with Gasteiger partial charge in [0.2, 0.25) is 11.8 Å². The number of hydrogen-bond donors (Lipinski definition) is 2. The lowest BCUT2D eigenvalue weighted by Gasteiger charge is -2.16. The normalized spacial score (nSPS) is 14.5. The lowest BCUT2D eigenvalue weighted by atomic mass is 10.0. The molecule has 0 spiro atoms. The Morgan fingerprint density at radius 1 is 1.00 bits per heavy atom. The van der Waals surface area contributed by atoms with Gasteiger partial charge in [0.25, 0.3) is 0 Å². The molecule has 1 saturated carbocycles. The minimum Gasteiger partial charge on any atom is -0.491 e. The number of carbonyl (C=O) groups is 2. The summed E-state index contributed by atoms with van der Waals surface area (Å²) in [5, 5.41) is 5.76. The van der Waals surface area contributed by atoms with Crippen molar-refractivity contribution >= 4 is 17.5 Å². The number of amides is 2. The van der Waals surface area contributed by atoms with E-state index in [1.807, 2.05) is 57.2 Å². The first-order chi connectivity index (χ1) is 12.9. The van der Waals surface area contributed by atoms with E-state index < -0.39 is 5.41 Å². The van der Waals surface area contributed by atoms with Crippen molar-refractivity contribution in [1.29, 1.82) is 0 Å². The maximum Gasteiger partial charge on any atom is 0.240 e. The van der Waals surface area contributed by atoms with E-state index in [0.717, 1.165) is 11.3 Å². The van der Waals surface area contributed by atoms with Crippen LogP contribution in [-0.4, -0.2) is 17.9 Å². The van der Waals surface area contributed by atoms with E-state index >= 15 is 0 Å². The maximum absolute atomic E-state index is 12.7. The minimum atomic E-state index is -0.947. The molecule has 0 radical (unpaired) electrons. The standard InChI is InChI=1S/C22H26N2O3/c1-15(2)27-19-10-8-18(9-11-19)24-21(26)22(12-13-22)20(25)23-14-17-6-4-16(3)5-7-17/h4-11,15H,12-14H2,1-3H3,(H,23,25)(H,24,26). The predicted molar refractivity (Wildman–Crippen MR) is 106 cm³/mol. The van der Waals surface area contributed by atoms with Crippen LogP contribution in [0.3, 0.4) is 0 Å². The summed E-state index contributed by atoms with van der Waals surface area (Å²) in [6, 6.07) is 15.2. The van der Waals surface area contributed by atoms with Crippen molar-refractivity contribution in [1.82, 2.24) is 5.32 Å². The molecule has 2 aromatic carbocycles. The Labute approximate surface area is 160 Å². The van der Waals surface area contributed by atoms with Gasteiger partial charge in [-0.1, -0.05) is 29.8 Å². The van der Waals surface area contributed by atoms with E-state index in [-0.39, 0.29) is 17.9 Å². The first-order valence-corrected chi connectivity index (χ1v) is 9.31. The highest BCUT2D eigenvalue weighted by Crippen LogP contribution is 2.47. The van der Waals surface area contributed by atoms with Crippen LogP contribution in [0.15, 0.2) is 48.5 Å². The van der Waals surface area contributed by atoms with Crippen LogP contribution >= 0.6 is 0 Å². The number of aryl methyl sites for hydroxylation is 1. The molecule has 0 unspecified atom stereocenters.